The number of nitrogens with two attached hydrogens (primary N) is 1. The number of thiazole rings is 1. The molecule has 0 fully saturated rings. The van der Waals surface area contributed by atoms with Crippen molar-refractivity contribution in [2.24, 2.45) is 5.73 Å². The molecule has 1 atom stereocenters. The van der Waals surface area contributed by atoms with Crippen molar-refractivity contribution in [1.82, 2.24) is 4.98 Å². The van der Waals surface area contributed by atoms with Crippen molar-refractivity contribution in [2.75, 3.05) is 0 Å². The van der Waals surface area contributed by atoms with Gasteiger partial charge >= 0.3 is 0 Å². The average molecular weight is 218 g/mol. The number of hydrogen-bond donors (Lipinski definition) is 1. The lowest BCUT2D eigenvalue weighted by atomic mass is 10.0. The Morgan fingerprint density at radius 3 is 2.67 bits per heavy atom. The molecule has 2 nitrogen and oxygen atoms in total. The normalized spacial score (nSPS) is 12.7. The fraction of sp³-hybridized carbons (Fsp3) is 0.250. The molecule has 0 aliphatic rings. The molecule has 3 heteroatoms. The summed E-state index contributed by atoms with van der Waals surface area (Å²) < 4.78 is 0. The molecule has 15 heavy (non-hydrogen) atoms. The van der Waals surface area contributed by atoms with Crippen LogP contribution >= 0.6 is 11.3 Å². The van der Waals surface area contributed by atoms with Crippen molar-refractivity contribution >= 4 is 11.3 Å². The van der Waals surface area contributed by atoms with Crippen LogP contribution in [0.3, 0.4) is 0 Å². The molecule has 0 aliphatic carbocycles. The molecular formula is C12H14N2S. The van der Waals surface area contributed by atoms with Gasteiger partial charge in [0.2, 0.25) is 0 Å². The van der Waals surface area contributed by atoms with Crippen molar-refractivity contribution in [1.29, 1.82) is 0 Å². The quantitative estimate of drug-likeness (QED) is 0.860. The van der Waals surface area contributed by atoms with Gasteiger partial charge in [0, 0.05) is 17.3 Å². The maximum atomic E-state index is 6.13. The number of aryl methyl sites for hydroxylation is 1. The number of aromatic nitrogens is 1. The van der Waals surface area contributed by atoms with E-state index in [4.69, 9.17) is 5.73 Å². The summed E-state index contributed by atoms with van der Waals surface area (Å²) >= 11 is 1.68. The summed E-state index contributed by atoms with van der Waals surface area (Å²) in [5.41, 5.74) is 10.3. The second-order valence-corrected chi connectivity index (χ2v) is 4.52. The third-order valence-corrected chi connectivity index (χ3v) is 3.44. The van der Waals surface area contributed by atoms with Gasteiger partial charge in [0.05, 0.1) is 11.2 Å². The van der Waals surface area contributed by atoms with E-state index in [1.54, 1.807) is 11.3 Å². The zero-order valence-electron chi connectivity index (χ0n) is 8.68. The van der Waals surface area contributed by atoms with Crippen LogP contribution in [0.2, 0.25) is 0 Å². The molecule has 0 amide bonds. The Hall–Kier alpha value is -1.19. The first-order valence-electron chi connectivity index (χ1n) is 4.97. The van der Waals surface area contributed by atoms with Crippen LogP contribution in [0.25, 0.3) is 0 Å². The summed E-state index contributed by atoms with van der Waals surface area (Å²) in [5.74, 6) is 0. The lowest BCUT2D eigenvalue weighted by Crippen LogP contribution is -2.12. The average Bonchev–Trinajstić information content (AvgIpc) is 2.66. The zero-order valence-corrected chi connectivity index (χ0v) is 9.50. The minimum absolute atomic E-state index is 0.0744. The van der Waals surface area contributed by atoms with Crippen LogP contribution in [0.1, 0.15) is 22.2 Å². The zero-order chi connectivity index (χ0) is 10.7. The molecule has 2 rings (SSSR count). The molecule has 1 aromatic carbocycles. The van der Waals surface area contributed by atoms with Crippen LogP contribution in [0.15, 0.2) is 35.8 Å². The number of nitrogens with zero attached hydrogens (tertiary/aromatic N) is 1. The Labute approximate surface area is 93.8 Å². The highest BCUT2D eigenvalue weighted by atomic mass is 32.1. The van der Waals surface area contributed by atoms with Crippen LogP contribution in [0.4, 0.5) is 0 Å². The van der Waals surface area contributed by atoms with Gasteiger partial charge in [0.25, 0.3) is 0 Å². The van der Waals surface area contributed by atoms with Crippen molar-refractivity contribution < 1.29 is 0 Å². The molecule has 0 saturated heterocycles. The van der Waals surface area contributed by atoms with E-state index in [0.717, 1.165) is 12.1 Å². The van der Waals surface area contributed by atoms with Crippen LogP contribution in [0, 0.1) is 6.92 Å². The number of benzene rings is 1. The van der Waals surface area contributed by atoms with E-state index in [9.17, 15) is 0 Å². The molecule has 0 saturated carbocycles. The molecule has 78 valence electrons. The van der Waals surface area contributed by atoms with E-state index in [-0.39, 0.29) is 6.04 Å². The van der Waals surface area contributed by atoms with Gasteiger partial charge in [-0.05, 0) is 12.5 Å². The smallest absolute Gasteiger partial charge is 0.0797 e. The molecule has 2 aromatic rings. The van der Waals surface area contributed by atoms with E-state index < -0.39 is 0 Å². The summed E-state index contributed by atoms with van der Waals surface area (Å²) in [4.78, 5) is 5.51. The third kappa shape index (κ3) is 2.43. The maximum absolute atomic E-state index is 6.13. The minimum atomic E-state index is 0.0744. The van der Waals surface area contributed by atoms with Gasteiger partial charge in [-0.3, -0.25) is 0 Å². The van der Waals surface area contributed by atoms with E-state index in [0.29, 0.717) is 0 Å². The monoisotopic (exact) mass is 218 g/mol. The van der Waals surface area contributed by atoms with E-state index in [2.05, 4.69) is 17.1 Å². The maximum Gasteiger partial charge on any atom is 0.0797 e. The van der Waals surface area contributed by atoms with E-state index in [1.807, 2.05) is 30.6 Å². The summed E-state index contributed by atoms with van der Waals surface area (Å²) in [6.45, 7) is 2.03. The minimum Gasteiger partial charge on any atom is -0.324 e. The first-order valence-corrected chi connectivity index (χ1v) is 5.85. The van der Waals surface area contributed by atoms with E-state index >= 15 is 0 Å². The van der Waals surface area contributed by atoms with Gasteiger partial charge in [-0.2, -0.15) is 0 Å². The first-order chi connectivity index (χ1) is 7.27. The second-order valence-electron chi connectivity index (χ2n) is 3.58. The van der Waals surface area contributed by atoms with E-state index in [1.165, 1.54) is 10.4 Å². The third-order valence-electron chi connectivity index (χ3n) is 2.48. The predicted octanol–water partition coefficient (Wildman–Crippen LogP) is 2.69. The SMILES string of the molecule is Cc1ncsc1CC(N)c1ccccc1. The largest absolute Gasteiger partial charge is 0.324 e. The Bertz CT molecular complexity index is 422. The van der Waals surface area contributed by atoms with Gasteiger partial charge < -0.3 is 5.73 Å². The van der Waals surface area contributed by atoms with Crippen molar-refractivity contribution in [3.63, 3.8) is 0 Å². The summed E-state index contributed by atoms with van der Waals surface area (Å²) in [6, 6.07) is 10.3. The number of rotatable bonds is 3. The second kappa shape index (κ2) is 4.55. The lowest BCUT2D eigenvalue weighted by Gasteiger charge is -2.10. The molecule has 1 heterocycles. The van der Waals surface area contributed by atoms with Crippen LogP contribution < -0.4 is 5.73 Å². The Balaban J connectivity index is 2.11. The topological polar surface area (TPSA) is 38.9 Å². The van der Waals surface area contributed by atoms with Crippen molar-refractivity contribution in [2.45, 2.75) is 19.4 Å². The molecule has 2 N–H and O–H groups in total. The van der Waals surface area contributed by atoms with Gasteiger partial charge in [-0.15, -0.1) is 11.3 Å². The van der Waals surface area contributed by atoms with Gasteiger partial charge in [0.1, 0.15) is 0 Å². The highest BCUT2D eigenvalue weighted by Gasteiger charge is 2.09. The highest BCUT2D eigenvalue weighted by Crippen LogP contribution is 2.20. The van der Waals surface area contributed by atoms with Gasteiger partial charge in [0.15, 0.2) is 0 Å². The van der Waals surface area contributed by atoms with Crippen LogP contribution in [-0.2, 0) is 6.42 Å². The lowest BCUT2D eigenvalue weighted by molar-refractivity contribution is 0.726. The van der Waals surface area contributed by atoms with Gasteiger partial charge in [-0.25, -0.2) is 4.98 Å². The first kappa shape index (κ1) is 10.3. The van der Waals surface area contributed by atoms with Gasteiger partial charge in [-0.1, -0.05) is 30.3 Å². The summed E-state index contributed by atoms with van der Waals surface area (Å²) in [5, 5.41) is 0. The van der Waals surface area contributed by atoms with Crippen molar-refractivity contribution in [3.05, 3.63) is 52.0 Å². The predicted molar refractivity (Wildman–Crippen MR) is 63.9 cm³/mol. The highest BCUT2D eigenvalue weighted by molar-refractivity contribution is 7.09. The molecule has 1 unspecified atom stereocenters. The Morgan fingerprint density at radius 2 is 2.07 bits per heavy atom. The molecule has 0 radical (unpaired) electrons. The molecule has 0 bridgehead atoms. The molecule has 0 spiro atoms. The fourth-order valence-corrected chi connectivity index (χ4v) is 2.38. The number of hydrogen-bond acceptors (Lipinski definition) is 3. The summed E-state index contributed by atoms with van der Waals surface area (Å²) in [7, 11) is 0. The summed E-state index contributed by atoms with van der Waals surface area (Å²) in [6.07, 6.45) is 0.876. The van der Waals surface area contributed by atoms with Crippen molar-refractivity contribution in [3.8, 4) is 0 Å². The molecule has 1 aromatic heterocycles. The molecular weight excluding hydrogens is 204 g/mol. The fourth-order valence-electron chi connectivity index (χ4n) is 1.54. The Kier molecular flexibility index (Phi) is 3.14. The van der Waals surface area contributed by atoms with Crippen LogP contribution in [-0.4, -0.2) is 4.98 Å². The Morgan fingerprint density at radius 1 is 1.33 bits per heavy atom. The van der Waals surface area contributed by atoms with Crippen LogP contribution in [0.5, 0.6) is 0 Å². The molecule has 0 aliphatic heterocycles. The standard InChI is InChI=1S/C12H14N2S/c1-9-12(15-8-14-9)7-11(13)10-5-3-2-4-6-10/h2-6,8,11H,7,13H2,1H3.